The Morgan fingerprint density at radius 3 is 2.58 bits per heavy atom. The van der Waals surface area contributed by atoms with E-state index in [1.165, 1.54) is 12.1 Å². The monoisotopic (exact) mass is 479 g/mol. The highest BCUT2D eigenvalue weighted by Crippen LogP contribution is 2.29. The van der Waals surface area contributed by atoms with Gasteiger partial charge in [0.25, 0.3) is 10.0 Å². The van der Waals surface area contributed by atoms with Crippen LogP contribution in [0.4, 0.5) is 10.1 Å². The second-order valence-electron chi connectivity index (χ2n) is 8.33. The van der Waals surface area contributed by atoms with Crippen LogP contribution in [0.15, 0.2) is 47.4 Å². The van der Waals surface area contributed by atoms with Gasteiger partial charge in [-0.2, -0.15) is 0 Å². The first kappa shape index (κ1) is 24.9. The summed E-state index contributed by atoms with van der Waals surface area (Å²) in [5, 5.41) is 12.8. The number of amides is 1. The van der Waals surface area contributed by atoms with Gasteiger partial charge in [-0.1, -0.05) is 6.92 Å². The number of rotatable bonds is 7. The van der Waals surface area contributed by atoms with Gasteiger partial charge in [-0.15, -0.1) is 0 Å². The maximum atomic E-state index is 13.2. The Kier molecular flexibility index (Phi) is 7.93. The third-order valence-electron chi connectivity index (χ3n) is 5.70. The van der Waals surface area contributed by atoms with E-state index in [0.29, 0.717) is 24.4 Å². The molecule has 0 saturated heterocycles. The van der Waals surface area contributed by atoms with Gasteiger partial charge in [0.1, 0.15) is 17.7 Å². The fraction of sp³-hybridized carbons (Fsp3) is 0.435. The van der Waals surface area contributed by atoms with E-state index in [-0.39, 0.29) is 47.6 Å². The van der Waals surface area contributed by atoms with E-state index in [2.05, 4.69) is 10.0 Å². The van der Waals surface area contributed by atoms with Gasteiger partial charge in [0.15, 0.2) is 0 Å². The van der Waals surface area contributed by atoms with Crippen LogP contribution in [0.25, 0.3) is 0 Å². The van der Waals surface area contributed by atoms with E-state index in [1.54, 1.807) is 30.0 Å². The quantitative estimate of drug-likeness (QED) is 0.561. The number of carbonyl (C=O) groups is 1. The molecular weight excluding hydrogens is 449 g/mol. The van der Waals surface area contributed by atoms with Gasteiger partial charge in [-0.25, -0.2) is 12.8 Å². The van der Waals surface area contributed by atoms with E-state index in [1.807, 2.05) is 14.0 Å². The number of ether oxygens (including phenoxy) is 1. The van der Waals surface area contributed by atoms with E-state index in [0.717, 1.165) is 12.1 Å². The molecule has 0 bridgehead atoms. The van der Waals surface area contributed by atoms with Crippen molar-refractivity contribution in [1.82, 2.24) is 10.2 Å². The van der Waals surface area contributed by atoms with Crippen LogP contribution >= 0.6 is 0 Å². The number of halogens is 1. The van der Waals surface area contributed by atoms with Gasteiger partial charge in [0.05, 0.1) is 24.0 Å². The molecule has 10 heteroatoms. The van der Waals surface area contributed by atoms with Crippen molar-refractivity contribution in [2.24, 2.45) is 5.92 Å². The van der Waals surface area contributed by atoms with Crippen molar-refractivity contribution in [3.05, 3.63) is 53.8 Å². The zero-order valence-electron chi connectivity index (χ0n) is 18.9. The number of aliphatic hydroxyl groups is 1. The van der Waals surface area contributed by atoms with E-state index >= 15 is 0 Å². The van der Waals surface area contributed by atoms with Crippen molar-refractivity contribution in [1.29, 1.82) is 0 Å². The molecule has 2 aromatic carbocycles. The second-order valence-corrected chi connectivity index (χ2v) is 10.0. The first-order valence-corrected chi connectivity index (χ1v) is 12.3. The highest BCUT2D eigenvalue weighted by Gasteiger charge is 2.30. The van der Waals surface area contributed by atoms with E-state index in [9.17, 15) is 22.7 Å². The molecule has 180 valence electrons. The van der Waals surface area contributed by atoms with Crippen molar-refractivity contribution >= 4 is 21.6 Å². The number of likely N-dealkylation sites (N-methyl/N-ethyl adjacent to an activating group) is 1. The fourth-order valence-electron chi connectivity index (χ4n) is 3.77. The largest absolute Gasteiger partial charge is 0.488 e. The molecule has 2 aromatic rings. The summed E-state index contributed by atoms with van der Waals surface area (Å²) in [6, 6.07) is 8.93. The summed E-state index contributed by atoms with van der Waals surface area (Å²) in [5.41, 5.74) is 0.790. The van der Waals surface area contributed by atoms with E-state index < -0.39 is 15.8 Å². The lowest BCUT2D eigenvalue weighted by Gasteiger charge is -2.32. The number of anilines is 1. The normalized spacial score (nSPS) is 20.2. The average molecular weight is 480 g/mol. The molecule has 0 aliphatic carbocycles. The maximum Gasteiger partial charge on any atom is 0.261 e. The Bertz CT molecular complexity index is 1080. The van der Waals surface area contributed by atoms with Crippen LogP contribution in [-0.2, 0) is 21.2 Å². The molecule has 0 aromatic heterocycles. The van der Waals surface area contributed by atoms with E-state index in [4.69, 9.17) is 4.74 Å². The molecule has 1 amide bonds. The molecule has 0 fully saturated rings. The summed E-state index contributed by atoms with van der Waals surface area (Å²) >= 11 is 0. The lowest BCUT2D eigenvalue weighted by molar-refractivity contribution is -0.134. The van der Waals surface area contributed by atoms with Gasteiger partial charge in [-0.3, -0.25) is 9.52 Å². The van der Waals surface area contributed by atoms with Crippen molar-refractivity contribution in [3.8, 4) is 5.75 Å². The molecule has 1 heterocycles. The van der Waals surface area contributed by atoms with Crippen molar-refractivity contribution in [3.63, 3.8) is 0 Å². The van der Waals surface area contributed by atoms with Crippen LogP contribution in [0.2, 0.25) is 0 Å². The van der Waals surface area contributed by atoms with Gasteiger partial charge >= 0.3 is 0 Å². The zero-order chi connectivity index (χ0) is 24.2. The number of hydrogen-bond donors (Lipinski definition) is 3. The molecule has 0 spiro atoms. The SMILES string of the molecule is CNC[C@H]1Oc2ccc(NS(=O)(=O)c3ccc(F)cc3)cc2CC(=O)N([C@H](C)CO)C[C@@H]1C. The zero-order valence-corrected chi connectivity index (χ0v) is 19.7. The van der Waals surface area contributed by atoms with Gasteiger partial charge in [0, 0.05) is 30.3 Å². The minimum absolute atomic E-state index is 0.00914. The Morgan fingerprint density at radius 2 is 1.94 bits per heavy atom. The minimum atomic E-state index is -3.95. The van der Waals surface area contributed by atoms with Crippen molar-refractivity contribution in [2.75, 3.05) is 31.5 Å². The number of nitrogens with one attached hydrogen (secondary N) is 2. The van der Waals surface area contributed by atoms with Gasteiger partial charge in [0.2, 0.25) is 5.91 Å². The molecule has 1 aliphatic rings. The van der Waals surface area contributed by atoms with Gasteiger partial charge < -0.3 is 20.1 Å². The molecule has 3 rings (SSSR count). The number of hydrogen-bond acceptors (Lipinski definition) is 6. The predicted octanol–water partition coefficient (Wildman–Crippen LogP) is 1.99. The van der Waals surface area contributed by atoms with Crippen LogP contribution in [0.1, 0.15) is 19.4 Å². The molecule has 8 nitrogen and oxygen atoms in total. The number of fused-ring (bicyclic) bond motifs is 1. The topological polar surface area (TPSA) is 108 Å². The summed E-state index contributed by atoms with van der Waals surface area (Å²) < 4.78 is 47.3. The summed E-state index contributed by atoms with van der Waals surface area (Å²) in [6.07, 6.45) is -0.250. The predicted molar refractivity (Wildman–Crippen MR) is 123 cm³/mol. The summed E-state index contributed by atoms with van der Waals surface area (Å²) in [4.78, 5) is 14.7. The Labute approximate surface area is 193 Å². The Balaban J connectivity index is 1.95. The van der Waals surface area contributed by atoms with Crippen LogP contribution in [0.3, 0.4) is 0 Å². The molecule has 0 radical (unpaired) electrons. The number of benzene rings is 2. The maximum absolute atomic E-state index is 13.2. The molecule has 0 unspecified atom stereocenters. The first-order chi connectivity index (χ1) is 15.6. The number of aliphatic hydroxyl groups excluding tert-OH is 1. The minimum Gasteiger partial charge on any atom is -0.488 e. The summed E-state index contributed by atoms with van der Waals surface area (Å²) in [7, 11) is -2.13. The lowest BCUT2D eigenvalue weighted by atomic mass is 10.0. The standard InChI is InChI=1S/C23H30FN3O5S/c1-15-13-27(16(2)14-28)23(29)11-17-10-19(6-9-21(17)32-22(15)12-25-3)26-33(30,31)20-7-4-18(24)5-8-20/h4-10,15-16,22,25-26,28H,11-14H2,1-3H3/t15-,16+,22+/m0/s1. The lowest BCUT2D eigenvalue weighted by Crippen LogP contribution is -2.47. The third kappa shape index (κ3) is 6.01. The van der Waals surface area contributed by atoms with Crippen LogP contribution in [0.5, 0.6) is 5.75 Å². The summed E-state index contributed by atoms with van der Waals surface area (Å²) in [6.45, 7) is 4.58. The van der Waals surface area contributed by atoms with Crippen LogP contribution in [0, 0.1) is 11.7 Å². The van der Waals surface area contributed by atoms with Crippen LogP contribution < -0.4 is 14.8 Å². The molecule has 1 aliphatic heterocycles. The molecule has 33 heavy (non-hydrogen) atoms. The highest BCUT2D eigenvalue weighted by molar-refractivity contribution is 7.92. The smallest absolute Gasteiger partial charge is 0.261 e. The molecule has 3 atom stereocenters. The number of sulfonamides is 1. The molecular formula is C23H30FN3O5S. The third-order valence-corrected chi connectivity index (χ3v) is 7.10. The summed E-state index contributed by atoms with van der Waals surface area (Å²) in [5.74, 6) is -0.234. The Hall–Kier alpha value is -2.69. The average Bonchev–Trinajstić information content (AvgIpc) is 2.81. The van der Waals surface area contributed by atoms with Gasteiger partial charge in [-0.05, 0) is 56.4 Å². The Morgan fingerprint density at radius 1 is 1.24 bits per heavy atom. The fourth-order valence-corrected chi connectivity index (χ4v) is 4.82. The number of nitrogens with zero attached hydrogens (tertiary/aromatic N) is 1. The van der Waals surface area contributed by atoms with Crippen molar-refractivity contribution in [2.45, 2.75) is 37.3 Å². The van der Waals surface area contributed by atoms with Crippen LogP contribution in [-0.4, -0.2) is 63.2 Å². The highest BCUT2D eigenvalue weighted by atomic mass is 32.2. The number of carbonyl (C=O) groups excluding carboxylic acids is 1. The van der Waals surface area contributed by atoms with Crippen molar-refractivity contribution < 1.29 is 27.4 Å². The molecule has 3 N–H and O–H groups in total. The molecule has 0 saturated carbocycles. The second kappa shape index (κ2) is 10.5. The first-order valence-electron chi connectivity index (χ1n) is 10.8.